The van der Waals surface area contributed by atoms with E-state index in [9.17, 15) is 0 Å². The third kappa shape index (κ3) is 1.70. The van der Waals surface area contributed by atoms with Gasteiger partial charge in [-0.25, -0.2) is 4.98 Å². The molecule has 0 saturated heterocycles. The molecule has 0 atom stereocenters. The van der Waals surface area contributed by atoms with Crippen molar-refractivity contribution >= 4 is 17.4 Å². The Bertz CT molecular complexity index is 503. The molecule has 1 aromatic heterocycles. The predicted octanol–water partition coefficient (Wildman–Crippen LogP) is 2.63. The molecule has 0 aliphatic carbocycles. The molecule has 0 saturated carbocycles. The Hall–Kier alpha value is -1.48. The van der Waals surface area contributed by atoms with Gasteiger partial charge in [0.05, 0.1) is 6.33 Å². The van der Waals surface area contributed by atoms with Crippen LogP contribution in [0.2, 0.25) is 5.02 Å². The third-order valence-corrected chi connectivity index (χ3v) is 2.66. The van der Waals surface area contributed by atoms with E-state index in [1.807, 2.05) is 32.2 Å². The number of nitrogens with zero attached hydrogens (tertiary/aromatic N) is 2. The summed E-state index contributed by atoms with van der Waals surface area (Å²) >= 11 is 5.89. The topological polar surface area (TPSA) is 43.8 Å². The Kier molecular flexibility index (Phi) is 2.40. The zero-order valence-corrected chi connectivity index (χ0v) is 9.42. The second-order valence-corrected chi connectivity index (χ2v) is 3.99. The number of benzene rings is 1. The van der Waals surface area contributed by atoms with Crippen LogP contribution < -0.4 is 5.73 Å². The molecule has 0 bridgehead atoms. The number of hydrogen-bond donors (Lipinski definition) is 1. The van der Waals surface area contributed by atoms with E-state index in [1.165, 1.54) is 0 Å². The summed E-state index contributed by atoms with van der Waals surface area (Å²) in [6.45, 7) is 2.00. The summed E-state index contributed by atoms with van der Waals surface area (Å²) in [6.07, 6.45) is 1.71. The van der Waals surface area contributed by atoms with Gasteiger partial charge in [0, 0.05) is 17.6 Å². The highest BCUT2D eigenvalue weighted by Crippen LogP contribution is 2.28. The van der Waals surface area contributed by atoms with Crippen LogP contribution in [-0.2, 0) is 7.05 Å². The maximum atomic E-state index is 5.91. The summed E-state index contributed by atoms with van der Waals surface area (Å²) < 4.78 is 1.80. The maximum absolute atomic E-state index is 5.91. The molecule has 0 fully saturated rings. The van der Waals surface area contributed by atoms with Gasteiger partial charge < -0.3 is 10.3 Å². The van der Waals surface area contributed by atoms with Crippen LogP contribution in [0.15, 0.2) is 24.5 Å². The van der Waals surface area contributed by atoms with Gasteiger partial charge >= 0.3 is 0 Å². The number of nitrogens with two attached hydrogens (primary N) is 1. The van der Waals surface area contributed by atoms with Crippen molar-refractivity contribution in [1.29, 1.82) is 0 Å². The molecule has 1 heterocycles. The molecule has 0 spiro atoms. The van der Waals surface area contributed by atoms with E-state index in [4.69, 9.17) is 17.3 Å². The van der Waals surface area contributed by atoms with E-state index in [2.05, 4.69) is 4.98 Å². The highest BCUT2D eigenvalue weighted by atomic mass is 35.5. The quantitative estimate of drug-likeness (QED) is 0.805. The van der Waals surface area contributed by atoms with Crippen LogP contribution >= 0.6 is 11.6 Å². The van der Waals surface area contributed by atoms with Crippen molar-refractivity contribution in [3.63, 3.8) is 0 Å². The first kappa shape index (κ1) is 10.1. The van der Waals surface area contributed by atoms with Gasteiger partial charge in [-0.05, 0) is 24.6 Å². The third-order valence-electron chi connectivity index (χ3n) is 2.43. The summed E-state index contributed by atoms with van der Waals surface area (Å²) in [4.78, 5) is 4.27. The number of nitrogen functional groups attached to an aromatic ring is 1. The van der Waals surface area contributed by atoms with Gasteiger partial charge in [-0.15, -0.1) is 0 Å². The van der Waals surface area contributed by atoms with Gasteiger partial charge in [0.15, 0.2) is 0 Å². The molecule has 0 unspecified atom stereocenters. The largest absolute Gasteiger partial charge is 0.383 e. The summed E-state index contributed by atoms with van der Waals surface area (Å²) in [7, 11) is 1.87. The van der Waals surface area contributed by atoms with Crippen molar-refractivity contribution in [1.82, 2.24) is 9.55 Å². The van der Waals surface area contributed by atoms with E-state index >= 15 is 0 Å². The first-order chi connectivity index (χ1) is 7.09. The number of aromatic nitrogens is 2. The fourth-order valence-corrected chi connectivity index (χ4v) is 1.77. The Labute approximate surface area is 93.5 Å². The van der Waals surface area contributed by atoms with E-state index < -0.39 is 0 Å². The van der Waals surface area contributed by atoms with Gasteiger partial charge in [-0.3, -0.25) is 0 Å². The molecule has 1 aromatic carbocycles. The molecule has 2 aromatic rings. The highest BCUT2D eigenvalue weighted by Gasteiger charge is 2.10. The van der Waals surface area contributed by atoms with Crippen molar-refractivity contribution in [3.8, 4) is 11.3 Å². The minimum atomic E-state index is 0.667. The average molecular weight is 222 g/mol. The van der Waals surface area contributed by atoms with E-state index in [0.29, 0.717) is 5.82 Å². The van der Waals surface area contributed by atoms with E-state index in [1.54, 1.807) is 10.9 Å². The van der Waals surface area contributed by atoms with Crippen LogP contribution in [0.25, 0.3) is 11.3 Å². The molecular weight excluding hydrogens is 210 g/mol. The monoisotopic (exact) mass is 221 g/mol. The van der Waals surface area contributed by atoms with Gasteiger partial charge in [-0.2, -0.15) is 0 Å². The minimum absolute atomic E-state index is 0.667. The highest BCUT2D eigenvalue weighted by molar-refractivity contribution is 6.30. The zero-order valence-electron chi connectivity index (χ0n) is 8.66. The van der Waals surface area contributed by atoms with Crippen molar-refractivity contribution in [2.24, 2.45) is 7.05 Å². The van der Waals surface area contributed by atoms with Crippen molar-refractivity contribution in [2.75, 3.05) is 5.73 Å². The summed E-state index contributed by atoms with van der Waals surface area (Å²) in [5.74, 6) is 0.667. The fraction of sp³-hybridized carbons (Fsp3) is 0.182. The Morgan fingerprint density at radius 2 is 2.13 bits per heavy atom. The normalized spacial score (nSPS) is 10.6. The standard InChI is InChI=1S/C11H12ClN3/c1-7-5-8(12)3-4-9(7)10-11(13)15(2)6-14-10/h3-6H,13H2,1-2H3. The van der Waals surface area contributed by atoms with Crippen molar-refractivity contribution in [2.45, 2.75) is 6.92 Å². The molecular formula is C11H12ClN3. The lowest BCUT2D eigenvalue weighted by Crippen LogP contribution is -1.96. The van der Waals surface area contributed by atoms with Crippen LogP contribution in [0.5, 0.6) is 0 Å². The smallest absolute Gasteiger partial charge is 0.131 e. The minimum Gasteiger partial charge on any atom is -0.383 e. The number of hydrogen-bond acceptors (Lipinski definition) is 2. The summed E-state index contributed by atoms with van der Waals surface area (Å²) in [5, 5.41) is 0.728. The number of rotatable bonds is 1. The number of imidazole rings is 1. The fourth-order valence-electron chi connectivity index (χ4n) is 1.54. The molecule has 0 aliphatic heterocycles. The van der Waals surface area contributed by atoms with Crippen LogP contribution in [0, 0.1) is 6.92 Å². The second kappa shape index (κ2) is 3.59. The summed E-state index contributed by atoms with van der Waals surface area (Å²) in [5.41, 5.74) is 8.82. The molecule has 2 rings (SSSR count). The van der Waals surface area contributed by atoms with Gasteiger partial charge in [-0.1, -0.05) is 17.7 Å². The first-order valence-corrected chi connectivity index (χ1v) is 5.00. The SMILES string of the molecule is Cc1cc(Cl)ccc1-c1ncn(C)c1N. The average Bonchev–Trinajstić information content (AvgIpc) is 2.49. The lowest BCUT2D eigenvalue weighted by atomic mass is 10.1. The lowest BCUT2D eigenvalue weighted by Gasteiger charge is -2.04. The molecule has 4 heteroatoms. The molecule has 0 amide bonds. The zero-order chi connectivity index (χ0) is 11.0. The van der Waals surface area contributed by atoms with Crippen LogP contribution in [0.1, 0.15) is 5.56 Å². The lowest BCUT2D eigenvalue weighted by molar-refractivity contribution is 0.925. The van der Waals surface area contributed by atoms with E-state index in [-0.39, 0.29) is 0 Å². The van der Waals surface area contributed by atoms with Gasteiger partial charge in [0.1, 0.15) is 11.5 Å². The molecule has 15 heavy (non-hydrogen) atoms. The van der Waals surface area contributed by atoms with Crippen LogP contribution in [0.4, 0.5) is 5.82 Å². The molecule has 2 N–H and O–H groups in total. The predicted molar refractivity (Wildman–Crippen MR) is 62.8 cm³/mol. The first-order valence-electron chi connectivity index (χ1n) is 4.63. The second-order valence-electron chi connectivity index (χ2n) is 3.55. The molecule has 0 radical (unpaired) electrons. The Morgan fingerprint density at radius 1 is 1.40 bits per heavy atom. The number of aryl methyl sites for hydroxylation is 2. The Morgan fingerprint density at radius 3 is 2.67 bits per heavy atom. The maximum Gasteiger partial charge on any atom is 0.131 e. The molecule has 3 nitrogen and oxygen atoms in total. The van der Waals surface area contributed by atoms with Crippen LogP contribution in [0.3, 0.4) is 0 Å². The van der Waals surface area contributed by atoms with Gasteiger partial charge in [0.2, 0.25) is 0 Å². The van der Waals surface area contributed by atoms with E-state index in [0.717, 1.165) is 21.8 Å². The molecule has 78 valence electrons. The van der Waals surface area contributed by atoms with Gasteiger partial charge in [0.25, 0.3) is 0 Å². The molecule has 0 aliphatic rings. The van der Waals surface area contributed by atoms with Crippen molar-refractivity contribution in [3.05, 3.63) is 35.1 Å². The van der Waals surface area contributed by atoms with Crippen molar-refractivity contribution < 1.29 is 0 Å². The van der Waals surface area contributed by atoms with Crippen LogP contribution in [-0.4, -0.2) is 9.55 Å². The summed E-state index contributed by atoms with van der Waals surface area (Å²) in [6, 6.07) is 5.69. The number of halogens is 1. The Balaban J connectivity index is 2.59. The number of anilines is 1.